The number of benzene rings is 1. The summed E-state index contributed by atoms with van der Waals surface area (Å²) < 4.78 is 70.9. The maximum Gasteiger partial charge on any atom is 0.417 e. The number of esters is 1. The zero-order valence-corrected chi connectivity index (χ0v) is 21.9. The van der Waals surface area contributed by atoms with Crippen molar-refractivity contribution in [2.24, 2.45) is 5.92 Å². The Kier molecular flexibility index (Phi) is 7.41. The SMILES string of the molecule is CC1C(c2ccccc2)C1(C(=O)OC(C)(C)C)N(N1CCN(c2ccc(C(F)(F)F)cn2)CC1)S(=O)[O-]. The minimum Gasteiger partial charge on any atom is -0.759 e. The summed E-state index contributed by atoms with van der Waals surface area (Å²) in [5.41, 5.74) is -2.27. The molecule has 12 heteroatoms. The van der Waals surface area contributed by atoms with Gasteiger partial charge in [-0.15, -0.1) is 0 Å². The standard InChI is InChI=1S/C25H31F3N4O4S/c1-17-21(18-8-6-5-7-9-18)24(17,22(33)36-23(2,3)4)32(37(34)35)31-14-12-30(13-15-31)20-11-10-19(16-29-20)25(26,27)28/h5-11,16-17,21H,12-15H2,1-4H3,(H,34,35)/p-1. The first kappa shape index (κ1) is 27.5. The minimum atomic E-state index is -4.48. The molecule has 1 aromatic carbocycles. The molecule has 0 bridgehead atoms. The molecule has 1 saturated heterocycles. The summed E-state index contributed by atoms with van der Waals surface area (Å²) in [5, 5.41) is 1.60. The molecule has 4 rings (SSSR count). The van der Waals surface area contributed by atoms with E-state index in [4.69, 9.17) is 4.74 Å². The number of ether oxygens (including phenoxy) is 1. The molecule has 4 unspecified atom stereocenters. The molecule has 0 spiro atoms. The van der Waals surface area contributed by atoms with E-state index in [0.29, 0.717) is 18.9 Å². The second-order valence-electron chi connectivity index (χ2n) is 10.3. The number of anilines is 1. The predicted octanol–water partition coefficient (Wildman–Crippen LogP) is 3.75. The summed E-state index contributed by atoms with van der Waals surface area (Å²) in [5.74, 6) is -1.00. The van der Waals surface area contributed by atoms with Crippen LogP contribution in [0.25, 0.3) is 0 Å². The summed E-state index contributed by atoms with van der Waals surface area (Å²) in [4.78, 5) is 19.4. The maximum atomic E-state index is 13.6. The van der Waals surface area contributed by atoms with Crippen LogP contribution in [0.4, 0.5) is 19.0 Å². The molecule has 1 aliphatic heterocycles. The number of piperazine rings is 1. The van der Waals surface area contributed by atoms with Crippen molar-refractivity contribution in [3.05, 3.63) is 59.8 Å². The molecule has 8 nitrogen and oxygen atoms in total. The van der Waals surface area contributed by atoms with Crippen LogP contribution in [-0.4, -0.2) is 66.5 Å². The Morgan fingerprint density at radius 1 is 1.11 bits per heavy atom. The highest BCUT2D eigenvalue weighted by atomic mass is 32.2. The van der Waals surface area contributed by atoms with E-state index in [1.54, 1.807) is 30.7 Å². The van der Waals surface area contributed by atoms with Crippen molar-refractivity contribution in [3.63, 3.8) is 0 Å². The van der Waals surface area contributed by atoms with Gasteiger partial charge in [-0.2, -0.15) is 17.6 Å². The summed E-state index contributed by atoms with van der Waals surface area (Å²) in [6, 6.07) is 11.5. The van der Waals surface area contributed by atoms with Crippen molar-refractivity contribution < 1.29 is 31.5 Å². The number of carbonyl (C=O) groups is 1. The zero-order chi connectivity index (χ0) is 27.2. The number of pyridine rings is 1. The van der Waals surface area contributed by atoms with Crippen molar-refractivity contribution in [2.45, 2.75) is 50.9 Å². The number of hydrogen-bond donors (Lipinski definition) is 0. The monoisotopic (exact) mass is 539 g/mol. The van der Waals surface area contributed by atoms with Gasteiger partial charge in [0.15, 0.2) is 5.54 Å². The van der Waals surface area contributed by atoms with Crippen LogP contribution >= 0.6 is 0 Å². The minimum absolute atomic E-state index is 0.218. The Hall–Kier alpha value is -2.54. The lowest BCUT2D eigenvalue weighted by atomic mass is 10.1. The van der Waals surface area contributed by atoms with Crippen LogP contribution in [0.3, 0.4) is 0 Å². The van der Waals surface area contributed by atoms with Crippen LogP contribution in [0.5, 0.6) is 0 Å². The molecule has 4 atom stereocenters. The molecule has 37 heavy (non-hydrogen) atoms. The fourth-order valence-corrected chi connectivity index (χ4v) is 6.04. The van der Waals surface area contributed by atoms with E-state index in [-0.39, 0.29) is 19.0 Å². The largest absolute Gasteiger partial charge is 0.759 e. The molecule has 2 heterocycles. The average Bonchev–Trinajstić information content (AvgIpc) is 3.43. The third-order valence-electron chi connectivity index (χ3n) is 6.81. The van der Waals surface area contributed by atoms with Gasteiger partial charge in [0, 0.05) is 49.6 Å². The average molecular weight is 540 g/mol. The van der Waals surface area contributed by atoms with E-state index in [9.17, 15) is 26.7 Å². The Morgan fingerprint density at radius 3 is 2.22 bits per heavy atom. The van der Waals surface area contributed by atoms with E-state index in [0.717, 1.165) is 22.2 Å². The lowest BCUT2D eigenvalue weighted by molar-refractivity contribution is -0.168. The lowest BCUT2D eigenvalue weighted by Crippen LogP contribution is -2.62. The zero-order valence-electron chi connectivity index (χ0n) is 21.1. The van der Waals surface area contributed by atoms with Gasteiger partial charge in [-0.05, 0) is 44.4 Å². The number of aromatic nitrogens is 1. The molecule has 1 aliphatic carbocycles. The van der Waals surface area contributed by atoms with Gasteiger partial charge in [0.25, 0.3) is 0 Å². The normalized spacial score (nSPS) is 25.7. The number of hydrazine groups is 1. The summed E-state index contributed by atoms with van der Waals surface area (Å²) >= 11 is -2.79. The van der Waals surface area contributed by atoms with Crippen molar-refractivity contribution >= 4 is 23.1 Å². The van der Waals surface area contributed by atoms with Crippen molar-refractivity contribution in [1.29, 1.82) is 0 Å². The second-order valence-corrected chi connectivity index (χ2v) is 11.1. The molecule has 1 saturated carbocycles. The van der Waals surface area contributed by atoms with Crippen molar-refractivity contribution in [2.75, 3.05) is 31.1 Å². The fourth-order valence-electron chi connectivity index (χ4n) is 5.09. The fraction of sp³-hybridized carbons (Fsp3) is 0.520. The topological polar surface area (TPSA) is 89.0 Å². The Bertz CT molecular complexity index is 1140. The van der Waals surface area contributed by atoms with E-state index in [2.05, 4.69) is 4.98 Å². The van der Waals surface area contributed by atoms with Gasteiger partial charge in [-0.1, -0.05) is 37.3 Å². The number of halogens is 3. The Balaban J connectivity index is 1.59. The molecule has 1 aromatic heterocycles. The number of hydrogen-bond acceptors (Lipinski definition) is 7. The first-order chi connectivity index (χ1) is 17.3. The molecule has 0 N–H and O–H groups in total. The first-order valence-electron chi connectivity index (χ1n) is 12.0. The summed E-state index contributed by atoms with van der Waals surface area (Å²) in [6.07, 6.45) is -3.69. The first-order valence-corrected chi connectivity index (χ1v) is 13.0. The highest BCUT2D eigenvalue weighted by Crippen LogP contribution is 2.62. The molecule has 2 aliphatic rings. The van der Waals surface area contributed by atoms with Crippen LogP contribution in [0.1, 0.15) is 44.7 Å². The van der Waals surface area contributed by atoms with E-state index in [1.807, 2.05) is 37.3 Å². The molecule has 202 valence electrons. The molecule has 0 radical (unpaired) electrons. The summed E-state index contributed by atoms with van der Waals surface area (Å²) in [7, 11) is 0. The van der Waals surface area contributed by atoms with Crippen LogP contribution in [0.2, 0.25) is 0 Å². The third-order valence-corrected chi connectivity index (χ3v) is 7.63. The van der Waals surface area contributed by atoms with Gasteiger partial charge < -0.3 is 14.2 Å². The van der Waals surface area contributed by atoms with Crippen LogP contribution in [-0.2, 0) is 27.0 Å². The van der Waals surface area contributed by atoms with Crippen LogP contribution < -0.4 is 4.90 Å². The third kappa shape index (κ3) is 5.38. The second kappa shape index (κ2) is 9.97. The predicted molar refractivity (Wildman–Crippen MR) is 131 cm³/mol. The van der Waals surface area contributed by atoms with Crippen LogP contribution in [0.15, 0.2) is 48.7 Å². The quantitative estimate of drug-likeness (QED) is 0.408. The Labute approximate surface area is 216 Å². The molecule has 0 amide bonds. The number of rotatable bonds is 6. The number of alkyl halides is 3. The van der Waals surface area contributed by atoms with E-state index >= 15 is 0 Å². The van der Waals surface area contributed by atoms with Gasteiger partial charge in [0.1, 0.15) is 11.4 Å². The van der Waals surface area contributed by atoms with E-state index in [1.165, 1.54) is 6.07 Å². The smallest absolute Gasteiger partial charge is 0.417 e. The van der Waals surface area contributed by atoms with Crippen molar-refractivity contribution in [3.8, 4) is 0 Å². The van der Waals surface area contributed by atoms with Crippen LogP contribution in [0, 0.1) is 5.92 Å². The highest BCUT2D eigenvalue weighted by Gasteiger charge is 2.74. The molecular formula is C25H30F3N4O4S-. The van der Waals surface area contributed by atoms with Gasteiger partial charge in [0.05, 0.1) is 5.56 Å². The molecular weight excluding hydrogens is 509 g/mol. The molecule has 2 fully saturated rings. The molecule has 2 aromatic rings. The summed E-state index contributed by atoms with van der Waals surface area (Å²) in [6.45, 7) is 8.09. The number of nitrogens with zero attached hydrogens (tertiary/aromatic N) is 4. The number of carbonyl (C=O) groups excluding carboxylic acids is 1. The van der Waals surface area contributed by atoms with Gasteiger partial charge in [-0.3, -0.25) is 4.21 Å². The van der Waals surface area contributed by atoms with Gasteiger partial charge >= 0.3 is 12.1 Å². The maximum absolute atomic E-state index is 13.6. The highest BCUT2D eigenvalue weighted by molar-refractivity contribution is 7.76. The van der Waals surface area contributed by atoms with E-state index < -0.39 is 46.0 Å². The Morgan fingerprint density at radius 2 is 1.73 bits per heavy atom. The van der Waals surface area contributed by atoms with Gasteiger partial charge in [-0.25, -0.2) is 14.8 Å². The van der Waals surface area contributed by atoms with Gasteiger partial charge in [0.2, 0.25) is 0 Å². The van der Waals surface area contributed by atoms with Crippen molar-refractivity contribution in [1.82, 2.24) is 14.4 Å². The lowest BCUT2D eigenvalue weighted by Gasteiger charge is -2.45.